The molecule has 8 heteroatoms. The molecule has 0 aliphatic carbocycles. The second-order valence-corrected chi connectivity index (χ2v) is 6.75. The number of hydrogen-bond acceptors (Lipinski definition) is 7. The zero-order valence-corrected chi connectivity index (χ0v) is 16.2. The first kappa shape index (κ1) is 18.7. The van der Waals surface area contributed by atoms with E-state index in [0.29, 0.717) is 47.4 Å². The van der Waals surface area contributed by atoms with E-state index in [1.54, 1.807) is 6.20 Å². The number of aromatic nitrogens is 3. The maximum Gasteiger partial charge on any atom is 0.163 e. The summed E-state index contributed by atoms with van der Waals surface area (Å²) in [5, 5.41) is 19.3. The first-order valence-corrected chi connectivity index (χ1v) is 9.52. The molecular weight excluding hydrogens is 386 g/mol. The Labute approximate surface area is 173 Å². The molecule has 1 aliphatic heterocycles. The van der Waals surface area contributed by atoms with Crippen molar-refractivity contribution in [2.45, 2.75) is 0 Å². The maximum atomic E-state index is 8.88. The summed E-state index contributed by atoms with van der Waals surface area (Å²) in [6.45, 7) is 1.82. The van der Waals surface area contributed by atoms with Gasteiger partial charge in [-0.3, -0.25) is 4.98 Å². The molecule has 1 aromatic carbocycles. The molecule has 0 saturated carbocycles. The lowest BCUT2D eigenvalue weighted by Crippen LogP contribution is -2.32. The molecule has 2 aromatic heterocycles. The fourth-order valence-corrected chi connectivity index (χ4v) is 3.14. The summed E-state index contributed by atoms with van der Waals surface area (Å²) in [6, 6.07) is 13.4. The van der Waals surface area contributed by atoms with Gasteiger partial charge in [0.1, 0.15) is 5.52 Å². The van der Waals surface area contributed by atoms with Gasteiger partial charge in [-0.15, -0.1) is 0 Å². The number of allylic oxidation sites excluding steroid dienone is 2. The average Bonchev–Trinajstić information content (AvgIpc) is 2.77. The van der Waals surface area contributed by atoms with Crippen molar-refractivity contribution in [2.24, 2.45) is 0 Å². The number of nitrogens with zero attached hydrogens (tertiary/aromatic N) is 4. The van der Waals surface area contributed by atoms with Gasteiger partial charge >= 0.3 is 0 Å². The van der Waals surface area contributed by atoms with Crippen molar-refractivity contribution in [1.82, 2.24) is 25.6 Å². The van der Waals surface area contributed by atoms with Gasteiger partial charge in [0.2, 0.25) is 0 Å². The van der Waals surface area contributed by atoms with Crippen LogP contribution in [0.1, 0.15) is 0 Å². The molecule has 0 radical (unpaired) electrons. The fraction of sp³-hybridized carbons (Fsp3) is 0.143. The molecule has 0 amide bonds. The lowest BCUT2D eigenvalue weighted by atomic mass is 10.2. The van der Waals surface area contributed by atoms with Gasteiger partial charge in [-0.05, 0) is 36.4 Å². The molecule has 3 aromatic rings. The number of pyridine rings is 1. The van der Waals surface area contributed by atoms with Crippen molar-refractivity contribution >= 4 is 28.5 Å². The van der Waals surface area contributed by atoms with Gasteiger partial charge in [0.05, 0.1) is 29.0 Å². The number of rotatable bonds is 6. The molecule has 0 saturated heterocycles. The van der Waals surface area contributed by atoms with Gasteiger partial charge in [0.15, 0.2) is 11.6 Å². The number of benzene rings is 1. The normalized spacial score (nSPS) is 13.1. The minimum absolute atomic E-state index is 0.532. The number of hydrogen-bond donors (Lipinski definition) is 3. The van der Waals surface area contributed by atoms with Crippen LogP contribution in [0.2, 0.25) is 5.02 Å². The van der Waals surface area contributed by atoms with Crippen molar-refractivity contribution in [2.75, 3.05) is 25.0 Å². The Morgan fingerprint density at radius 1 is 1.07 bits per heavy atom. The number of nitrogens with one attached hydrogen (secondary N) is 3. The Bertz CT molecular complexity index is 1150. The zero-order chi connectivity index (χ0) is 20.1. The second-order valence-electron chi connectivity index (χ2n) is 6.34. The van der Waals surface area contributed by atoms with Crippen LogP contribution in [-0.4, -0.2) is 34.6 Å². The van der Waals surface area contributed by atoms with E-state index >= 15 is 0 Å². The predicted molar refractivity (Wildman–Crippen MR) is 114 cm³/mol. The highest BCUT2D eigenvalue weighted by atomic mass is 35.5. The molecule has 0 fully saturated rings. The summed E-state index contributed by atoms with van der Waals surface area (Å²) in [5.41, 5.74) is 2.94. The van der Waals surface area contributed by atoms with Gasteiger partial charge in [-0.25, -0.2) is 9.97 Å². The number of halogens is 1. The smallest absolute Gasteiger partial charge is 0.163 e. The van der Waals surface area contributed by atoms with Crippen LogP contribution < -0.4 is 16.0 Å². The lowest BCUT2D eigenvalue weighted by molar-refractivity contribution is 0.711. The van der Waals surface area contributed by atoms with Crippen molar-refractivity contribution in [3.8, 4) is 17.5 Å². The van der Waals surface area contributed by atoms with Gasteiger partial charge in [-0.1, -0.05) is 23.7 Å². The molecule has 7 nitrogen and oxygen atoms in total. The standard InChI is InChI=1S/C21H18ClN7/c22-16-5-2-1-4-15(16)20-28-17-6-3-9-25-19(17)21(29-20)26-11-10-24-18-8-7-14(12-23)13-27-18/h1-9,24,27H,10-11,13H2,(H,26,28,29). The first-order chi connectivity index (χ1) is 14.2. The molecule has 0 bridgehead atoms. The molecule has 3 heterocycles. The Hall–Kier alpha value is -3.63. The summed E-state index contributed by atoms with van der Waals surface area (Å²) >= 11 is 6.33. The Morgan fingerprint density at radius 3 is 2.72 bits per heavy atom. The zero-order valence-electron chi connectivity index (χ0n) is 15.5. The van der Waals surface area contributed by atoms with Crippen LogP contribution in [0.5, 0.6) is 0 Å². The summed E-state index contributed by atoms with van der Waals surface area (Å²) in [5.74, 6) is 2.09. The van der Waals surface area contributed by atoms with Crippen LogP contribution in [0.3, 0.4) is 0 Å². The summed E-state index contributed by atoms with van der Waals surface area (Å²) < 4.78 is 0. The van der Waals surface area contributed by atoms with E-state index in [4.69, 9.17) is 16.9 Å². The minimum atomic E-state index is 0.532. The van der Waals surface area contributed by atoms with E-state index in [9.17, 15) is 0 Å². The van der Waals surface area contributed by atoms with Crippen LogP contribution in [0, 0.1) is 11.3 Å². The highest BCUT2D eigenvalue weighted by Crippen LogP contribution is 2.28. The van der Waals surface area contributed by atoms with E-state index in [-0.39, 0.29) is 0 Å². The van der Waals surface area contributed by atoms with Gasteiger partial charge in [0, 0.05) is 30.4 Å². The third kappa shape index (κ3) is 4.28. The van der Waals surface area contributed by atoms with Crippen molar-refractivity contribution < 1.29 is 0 Å². The van der Waals surface area contributed by atoms with Crippen LogP contribution in [-0.2, 0) is 0 Å². The van der Waals surface area contributed by atoms with Gasteiger partial charge < -0.3 is 16.0 Å². The van der Waals surface area contributed by atoms with Crippen LogP contribution in [0.25, 0.3) is 22.4 Å². The second kappa shape index (κ2) is 8.59. The highest BCUT2D eigenvalue weighted by Gasteiger charge is 2.12. The van der Waals surface area contributed by atoms with E-state index in [0.717, 1.165) is 16.9 Å². The largest absolute Gasteiger partial charge is 0.370 e. The van der Waals surface area contributed by atoms with E-state index in [2.05, 4.69) is 37.0 Å². The number of anilines is 1. The average molecular weight is 404 g/mol. The minimum Gasteiger partial charge on any atom is -0.370 e. The van der Waals surface area contributed by atoms with Crippen molar-refractivity contribution in [3.05, 3.63) is 71.2 Å². The fourth-order valence-electron chi connectivity index (χ4n) is 2.92. The van der Waals surface area contributed by atoms with E-state index in [1.165, 1.54) is 0 Å². The van der Waals surface area contributed by atoms with Crippen molar-refractivity contribution in [1.29, 1.82) is 5.26 Å². The molecule has 29 heavy (non-hydrogen) atoms. The number of fused-ring (bicyclic) bond motifs is 1. The Morgan fingerprint density at radius 2 is 1.93 bits per heavy atom. The molecule has 1 aliphatic rings. The number of dihydropyridines is 1. The third-order valence-electron chi connectivity index (χ3n) is 4.37. The quantitative estimate of drug-likeness (QED) is 0.543. The Balaban J connectivity index is 1.51. The monoisotopic (exact) mass is 403 g/mol. The maximum absolute atomic E-state index is 8.88. The van der Waals surface area contributed by atoms with E-state index in [1.807, 2.05) is 48.6 Å². The third-order valence-corrected chi connectivity index (χ3v) is 4.70. The van der Waals surface area contributed by atoms with Crippen molar-refractivity contribution in [3.63, 3.8) is 0 Å². The summed E-state index contributed by atoms with van der Waals surface area (Å²) in [4.78, 5) is 13.7. The van der Waals surface area contributed by atoms with Gasteiger partial charge in [-0.2, -0.15) is 5.26 Å². The molecule has 0 atom stereocenters. The van der Waals surface area contributed by atoms with Gasteiger partial charge in [0.25, 0.3) is 0 Å². The number of nitriles is 1. The predicted octanol–water partition coefficient (Wildman–Crippen LogP) is 3.24. The topological polar surface area (TPSA) is 98.5 Å². The lowest BCUT2D eigenvalue weighted by Gasteiger charge is -2.16. The molecule has 0 spiro atoms. The Kier molecular flexibility index (Phi) is 5.54. The van der Waals surface area contributed by atoms with E-state index < -0.39 is 0 Å². The summed E-state index contributed by atoms with van der Waals surface area (Å²) in [6.07, 6.45) is 5.39. The van der Waals surface area contributed by atoms with Crippen LogP contribution in [0.4, 0.5) is 5.82 Å². The molecule has 144 valence electrons. The molecule has 4 rings (SSSR count). The molecule has 3 N–H and O–H groups in total. The highest BCUT2D eigenvalue weighted by molar-refractivity contribution is 6.33. The van der Waals surface area contributed by atoms with Crippen LogP contribution >= 0.6 is 11.6 Å². The molecular formula is C21H18ClN7. The van der Waals surface area contributed by atoms with Crippen LogP contribution in [0.15, 0.2) is 66.1 Å². The first-order valence-electron chi connectivity index (χ1n) is 9.15. The SMILES string of the molecule is N#CC1=CC=C(NCCNc2nc(-c3ccccc3Cl)nc3cccnc23)NC1. The molecule has 0 unspecified atom stereocenters. The summed E-state index contributed by atoms with van der Waals surface area (Å²) in [7, 11) is 0.